The molecule has 0 aromatic carbocycles. The van der Waals surface area contributed by atoms with Crippen molar-refractivity contribution in [3.8, 4) is 0 Å². The Balaban J connectivity index is 1.34. The van der Waals surface area contributed by atoms with Gasteiger partial charge in [-0.15, -0.1) is 0 Å². The number of pyridine rings is 3. The number of aliphatic hydroxyl groups is 2. The number of carbonyl (C=O) groups is 1. The highest BCUT2D eigenvalue weighted by Gasteiger charge is 2.32. The molecule has 3 atom stereocenters. The third kappa shape index (κ3) is 6.88. The number of aromatic nitrogens is 3. The van der Waals surface area contributed by atoms with Crippen molar-refractivity contribution in [2.45, 2.75) is 57.5 Å². The molecule has 1 unspecified atom stereocenters. The third-order valence-electron chi connectivity index (χ3n) is 5.61. The zero-order chi connectivity index (χ0) is 23.8. The first-order chi connectivity index (χ1) is 16.6. The molecule has 3 aromatic heterocycles. The highest BCUT2D eigenvalue weighted by atomic mass is 16.6. The van der Waals surface area contributed by atoms with Gasteiger partial charge in [0.1, 0.15) is 12.2 Å². The normalized spacial score (nSPS) is 20.3. The van der Waals surface area contributed by atoms with Gasteiger partial charge in [-0.2, -0.15) is 0 Å². The molecule has 4 heterocycles. The fraction of sp³-hybridized carbons (Fsp3) is 0.360. The van der Waals surface area contributed by atoms with Crippen LogP contribution >= 0.6 is 0 Å². The SMILES string of the molecule is O=C(NCc1ccc(CN(Cc2ccccn2)Cc2ccccn2)nc1)C1CC[C@@H](O)[C@@H](O)O1. The summed E-state index contributed by atoms with van der Waals surface area (Å²) in [4.78, 5) is 28.0. The van der Waals surface area contributed by atoms with Crippen molar-refractivity contribution in [2.24, 2.45) is 0 Å². The molecule has 9 nitrogen and oxygen atoms in total. The highest BCUT2D eigenvalue weighted by molar-refractivity contribution is 5.80. The van der Waals surface area contributed by atoms with E-state index in [1.54, 1.807) is 18.6 Å². The largest absolute Gasteiger partial charge is 0.388 e. The van der Waals surface area contributed by atoms with Gasteiger partial charge in [-0.25, -0.2) is 0 Å². The van der Waals surface area contributed by atoms with Gasteiger partial charge in [0, 0.05) is 44.8 Å². The Morgan fingerprint density at radius 1 is 0.912 bits per heavy atom. The molecule has 34 heavy (non-hydrogen) atoms. The predicted octanol–water partition coefficient (Wildman–Crippen LogP) is 1.55. The Morgan fingerprint density at radius 3 is 2.09 bits per heavy atom. The second kappa shape index (κ2) is 11.8. The first kappa shape index (κ1) is 23.9. The van der Waals surface area contributed by atoms with E-state index in [1.807, 2.05) is 48.5 Å². The van der Waals surface area contributed by atoms with Crippen molar-refractivity contribution in [1.82, 2.24) is 25.2 Å². The lowest BCUT2D eigenvalue weighted by molar-refractivity contribution is -0.215. The molecule has 4 rings (SSSR count). The molecular weight excluding hydrogens is 434 g/mol. The molecular formula is C25H29N5O4. The van der Waals surface area contributed by atoms with Crippen LogP contribution in [0.15, 0.2) is 67.1 Å². The average molecular weight is 464 g/mol. The molecule has 1 aliphatic heterocycles. The summed E-state index contributed by atoms with van der Waals surface area (Å²) < 4.78 is 5.17. The fourth-order valence-corrected chi connectivity index (χ4v) is 3.78. The predicted molar refractivity (Wildman–Crippen MR) is 124 cm³/mol. The summed E-state index contributed by atoms with van der Waals surface area (Å²) in [6.45, 7) is 2.25. The monoisotopic (exact) mass is 463 g/mol. The molecule has 3 N–H and O–H groups in total. The van der Waals surface area contributed by atoms with E-state index in [-0.39, 0.29) is 5.91 Å². The van der Waals surface area contributed by atoms with E-state index in [0.717, 1.165) is 22.6 Å². The smallest absolute Gasteiger partial charge is 0.249 e. The van der Waals surface area contributed by atoms with Crippen molar-refractivity contribution >= 4 is 5.91 Å². The molecule has 0 spiro atoms. The Labute approximate surface area is 198 Å². The van der Waals surface area contributed by atoms with E-state index < -0.39 is 18.5 Å². The van der Waals surface area contributed by atoms with Crippen molar-refractivity contribution in [2.75, 3.05) is 0 Å². The second-order valence-corrected chi connectivity index (χ2v) is 8.32. The summed E-state index contributed by atoms with van der Waals surface area (Å²) in [5.74, 6) is -0.313. The van der Waals surface area contributed by atoms with Crippen LogP contribution in [0.3, 0.4) is 0 Å². The topological polar surface area (TPSA) is 121 Å². The quantitative estimate of drug-likeness (QED) is 0.437. The van der Waals surface area contributed by atoms with E-state index in [0.29, 0.717) is 39.0 Å². The molecule has 3 aromatic rings. The molecule has 0 bridgehead atoms. The lowest BCUT2D eigenvalue weighted by Crippen LogP contribution is -2.45. The van der Waals surface area contributed by atoms with E-state index in [2.05, 4.69) is 25.2 Å². The lowest BCUT2D eigenvalue weighted by atomic mass is 10.1. The van der Waals surface area contributed by atoms with Crippen molar-refractivity contribution in [3.05, 3.63) is 89.8 Å². The van der Waals surface area contributed by atoms with Crippen molar-refractivity contribution in [1.29, 1.82) is 0 Å². The molecule has 1 saturated heterocycles. The van der Waals surface area contributed by atoms with Gasteiger partial charge in [0.2, 0.25) is 5.91 Å². The van der Waals surface area contributed by atoms with E-state index in [4.69, 9.17) is 4.74 Å². The maximum absolute atomic E-state index is 12.3. The number of hydrogen-bond acceptors (Lipinski definition) is 8. The van der Waals surface area contributed by atoms with Crippen molar-refractivity contribution in [3.63, 3.8) is 0 Å². The number of ether oxygens (including phenoxy) is 1. The van der Waals surface area contributed by atoms with Gasteiger partial charge in [0.15, 0.2) is 6.29 Å². The molecule has 0 aliphatic carbocycles. The summed E-state index contributed by atoms with van der Waals surface area (Å²) in [5, 5.41) is 21.9. The second-order valence-electron chi connectivity index (χ2n) is 8.32. The maximum Gasteiger partial charge on any atom is 0.249 e. The van der Waals surface area contributed by atoms with E-state index in [1.165, 1.54) is 0 Å². The summed E-state index contributed by atoms with van der Waals surface area (Å²) in [6, 6.07) is 15.6. The zero-order valence-electron chi connectivity index (χ0n) is 18.8. The highest BCUT2D eigenvalue weighted by Crippen LogP contribution is 2.18. The Kier molecular flexibility index (Phi) is 8.26. The van der Waals surface area contributed by atoms with Gasteiger partial charge in [-0.3, -0.25) is 24.6 Å². The van der Waals surface area contributed by atoms with Crippen LogP contribution in [0.25, 0.3) is 0 Å². The van der Waals surface area contributed by atoms with Gasteiger partial charge in [0.05, 0.1) is 17.1 Å². The first-order valence-corrected chi connectivity index (χ1v) is 11.3. The first-order valence-electron chi connectivity index (χ1n) is 11.3. The summed E-state index contributed by atoms with van der Waals surface area (Å²) >= 11 is 0. The van der Waals surface area contributed by atoms with Crippen LogP contribution in [0.4, 0.5) is 0 Å². The minimum atomic E-state index is -1.33. The molecule has 1 aliphatic rings. The average Bonchev–Trinajstić information content (AvgIpc) is 2.86. The molecule has 178 valence electrons. The van der Waals surface area contributed by atoms with Gasteiger partial charge in [-0.1, -0.05) is 18.2 Å². The van der Waals surface area contributed by atoms with Gasteiger partial charge in [-0.05, 0) is 48.7 Å². The summed E-state index contributed by atoms with van der Waals surface area (Å²) in [6.07, 6.45) is 2.97. The minimum Gasteiger partial charge on any atom is -0.388 e. The van der Waals surface area contributed by atoms with Gasteiger partial charge >= 0.3 is 0 Å². The number of nitrogens with zero attached hydrogens (tertiary/aromatic N) is 4. The number of aliphatic hydroxyl groups excluding tert-OH is 2. The van der Waals surface area contributed by atoms with Crippen LogP contribution in [0, 0.1) is 0 Å². The van der Waals surface area contributed by atoms with E-state index in [9.17, 15) is 15.0 Å². The van der Waals surface area contributed by atoms with Crippen LogP contribution in [-0.4, -0.2) is 54.5 Å². The number of carbonyl (C=O) groups excluding carboxylic acids is 1. The van der Waals surface area contributed by atoms with Crippen LogP contribution in [-0.2, 0) is 35.7 Å². The third-order valence-corrected chi connectivity index (χ3v) is 5.61. The van der Waals surface area contributed by atoms with Crippen LogP contribution < -0.4 is 5.32 Å². The Morgan fingerprint density at radius 2 is 1.56 bits per heavy atom. The van der Waals surface area contributed by atoms with Gasteiger partial charge < -0.3 is 20.3 Å². The molecule has 1 amide bonds. The standard InChI is InChI=1S/C25H29N5O4/c31-22-9-10-23(34-25(22)33)24(32)29-14-18-7-8-21(28-13-18)17-30(15-19-5-1-3-11-26-19)16-20-6-2-4-12-27-20/h1-8,11-13,22-23,25,31,33H,9-10,14-17H2,(H,29,32)/t22-,23?,25+/m1/s1. The number of amides is 1. The van der Waals surface area contributed by atoms with Crippen LogP contribution in [0.2, 0.25) is 0 Å². The summed E-state index contributed by atoms with van der Waals surface area (Å²) in [7, 11) is 0. The molecule has 9 heteroatoms. The number of rotatable bonds is 9. The van der Waals surface area contributed by atoms with E-state index >= 15 is 0 Å². The summed E-state index contributed by atoms with van der Waals surface area (Å²) in [5.41, 5.74) is 3.70. The minimum absolute atomic E-state index is 0.302. The molecule has 1 fully saturated rings. The van der Waals surface area contributed by atoms with Crippen LogP contribution in [0.5, 0.6) is 0 Å². The lowest BCUT2D eigenvalue weighted by Gasteiger charge is -2.29. The molecule has 0 radical (unpaired) electrons. The zero-order valence-corrected chi connectivity index (χ0v) is 18.8. The maximum atomic E-state index is 12.3. The fourth-order valence-electron chi connectivity index (χ4n) is 3.78. The number of nitrogens with one attached hydrogen (secondary N) is 1. The van der Waals surface area contributed by atoms with Crippen molar-refractivity contribution < 1.29 is 19.7 Å². The number of hydrogen-bond donors (Lipinski definition) is 3. The Hall–Kier alpha value is -3.24. The van der Waals surface area contributed by atoms with Crippen LogP contribution in [0.1, 0.15) is 35.5 Å². The Bertz CT molecular complexity index is 995. The molecule has 0 saturated carbocycles. The van der Waals surface area contributed by atoms with Gasteiger partial charge in [0.25, 0.3) is 0 Å².